The number of ether oxygens (including phenoxy) is 2. The van der Waals surface area contributed by atoms with Crippen LogP contribution in [0.3, 0.4) is 0 Å². The predicted octanol–water partition coefficient (Wildman–Crippen LogP) is 2.23. The first kappa shape index (κ1) is 25.1. The van der Waals surface area contributed by atoms with E-state index in [9.17, 15) is 24.3 Å². The van der Waals surface area contributed by atoms with Gasteiger partial charge in [0, 0.05) is 18.8 Å². The molecule has 182 valence electrons. The summed E-state index contributed by atoms with van der Waals surface area (Å²) in [6.45, 7) is 7.69. The van der Waals surface area contributed by atoms with Gasteiger partial charge in [-0.25, -0.2) is 4.79 Å². The van der Waals surface area contributed by atoms with E-state index in [-0.39, 0.29) is 30.1 Å². The lowest BCUT2D eigenvalue weighted by Gasteiger charge is -2.44. The second-order valence-electron chi connectivity index (χ2n) is 10.2. The molecule has 33 heavy (non-hydrogen) atoms. The van der Waals surface area contributed by atoms with Crippen molar-refractivity contribution in [1.82, 2.24) is 0 Å². The summed E-state index contributed by atoms with van der Waals surface area (Å²) < 4.78 is 11.2. The summed E-state index contributed by atoms with van der Waals surface area (Å²) in [5, 5.41) is 9.84. The van der Waals surface area contributed by atoms with Crippen molar-refractivity contribution in [2.24, 2.45) is 34.8 Å². The van der Waals surface area contributed by atoms with E-state index in [4.69, 9.17) is 15.2 Å². The minimum absolute atomic E-state index is 0.0612. The van der Waals surface area contributed by atoms with Crippen molar-refractivity contribution in [3.63, 3.8) is 0 Å². The number of rotatable bonds is 7. The molecule has 0 unspecified atom stereocenters. The lowest BCUT2D eigenvalue weighted by molar-refractivity contribution is -0.170. The third kappa shape index (κ3) is 5.37. The molecule has 1 heterocycles. The van der Waals surface area contributed by atoms with E-state index in [1.54, 1.807) is 0 Å². The fourth-order valence-electron chi connectivity index (χ4n) is 4.95. The van der Waals surface area contributed by atoms with Gasteiger partial charge in [0.15, 0.2) is 0 Å². The Morgan fingerprint density at radius 2 is 1.94 bits per heavy atom. The minimum Gasteiger partial charge on any atom is -0.461 e. The number of esters is 2. The van der Waals surface area contributed by atoms with Crippen LogP contribution in [-0.2, 0) is 28.7 Å². The van der Waals surface area contributed by atoms with Crippen LogP contribution >= 0.6 is 0 Å². The third-order valence-electron chi connectivity index (χ3n) is 7.54. The van der Waals surface area contributed by atoms with Gasteiger partial charge < -0.3 is 20.3 Å². The molecule has 7 atom stereocenters. The number of Topliss-reactive ketones (excluding diaryl/α,β-unsaturated/α-hetero) is 1. The van der Waals surface area contributed by atoms with Gasteiger partial charge in [-0.3, -0.25) is 14.4 Å². The van der Waals surface area contributed by atoms with E-state index in [1.807, 2.05) is 32.9 Å². The SMILES string of the molecule is CCC(C)(C)C(=O)O[C@H]1C[C@@H](C(N)=O)C=C2C=C[C@H](C)[C@H](CC[C@@H]3C[C@@H](O)C(=O)C(=O)O3)[C@H]21. The molecule has 1 saturated heterocycles. The summed E-state index contributed by atoms with van der Waals surface area (Å²) in [6, 6.07) is 0. The summed E-state index contributed by atoms with van der Waals surface area (Å²) in [5.41, 5.74) is 5.88. The number of ketones is 1. The average Bonchev–Trinajstić information content (AvgIpc) is 2.76. The highest BCUT2D eigenvalue weighted by Gasteiger charge is 2.45. The number of hydrogen-bond donors (Lipinski definition) is 2. The molecular weight excluding hydrogens is 426 g/mol. The van der Waals surface area contributed by atoms with Crippen molar-refractivity contribution in [1.29, 1.82) is 0 Å². The van der Waals surface area contributed by atoms with E-state index in [0.29, 0.717) is 25.7 Å². The fraction of sp³-hybridized carbons (Fsp3) is 0.680. The highest BCUT2D eigenvalue weighted by atomic mass is 16.6. The van der Waals surface area contributed by atoms with Crippen molar-refractivity contribution in [2.75, 3.05) is 0 Å². The van der Waals surface area contributed by atoms with Gasteiger partial charge in [-0.05, 0) is 50.5 Å². The third-order valence-corrected chi connectivity index (χ3v) is 7.54. The van der Waals surface area contributed by atoms with Crippen LogP contribution in [0.5, 0.6) is 0 Å². The van der Waals surface area contributed by atoms with Crippen molar-refractivity contribution >= 4 is 23.6 Å². The highest BCUT2D eigenvalue weighted by molar-refractivity contribution is 6.35. The summed E-state index contributed by atoms with van der Waals surface area (Å²) in [5.74, 6) is -3.07. The lowest BCUT2D eigenvalue weighted by Crippen LogP contribution is -2.45. The van der Waals surface area contributed by atoms with E-state index in [0.717, 1.165) is 5.57 Å². The Morgan fingerprint density at radius 1 is 1.24 bits per heavy atom. The summed E-state index contributed by atoms with van der Waals surface area (Å²) in [7, 11) is 0. The van der Waals surface area contributed by atoms with Gasteiger partial charge in [0.1, 0.15) is 18.3 Å². The molecule has 0 aromatic rings. The Morgan fingerprint density at radius 3 is 2.55 bits per heavy atom. The predicted molar refractivity (Wildman–Crippen MR) is 119 cm³/mol. The van der Waals surface area contributed by atoms with Crippen LogP contribution in [0.4, 0.5) is 0 Å². The summed E-state index contributed by atoms with van der Waals surface area (Å²) in [6.07, 6.45) is 5.70. The summed E-state index contributed by atoms with van der Waals surface area (Å²) in [4.78, 5) is 48.1. The van der Waals surface area contributed by atoms with Crippen molar-refractivity contribution < 1.29 is 33.8 Å². The minimum atomic E-state index is -1.33. The van der Waals surface area contributed by atoms with Crippen LogP contribution in [0, 0.1) is 29.1 Å². The van der Waals surface area contributed by atoms with Gasteiger partial charge in [-0.1, -0.05) is 32.1 Å². The maximum atomic E-state index is 12.9. The molecule has 0 saturated carbocycles. The number of allylic oxidation sites excluding steroid dienone is 2. The smallest absolute Gasteiger partial charge is 0.377 e. The zero-order valence-electron chi connectivity index (χ0n) is 19.8. The van der Waals surface area contributed by atoms with Gasteiger partial charge in [0.25, 0.3) is 5.78 Å². The molecular formula is C25H35NO7. The molecule has 3 rings (SSSR count). The van der Waals surface area contributed by atoms with Crippen LogP contribution in [0.1, 0.15) is 59.8 Å². The molecule has 8 heteroatoms. The zero-order chi connectivity index (χ0) is 24.5. The van der Waals surface area contributed by atoms with E-state index < -0.39 is 47.3 Å². The molecule has 0 aromatic heterocycles. The number of hydrogen-bond acceptors (Lipinski definition) is 7. The zero-order valence-corrected chi connectivity index (χ0v) is 19.8. The van der Waals surface area contributed by atoms with Crippen LogP contribution in [0.2, 0.25) is 0 Å². The van der Waals surface area contributed by atoms with Gasteiger partial charge >= 0.3 is 11.9 Å². The molecule has 1 fully saturated rings. The Kier molecular flexibility index (Phi) is 7.46. The Bertz CT molecular complexity index is 874. The number of carbonyl (C=O) groups excluding carboxylic acids is 4. The molecule has 3 N–H and O–H groups in total. The van der Waals surface area contributed by atoms with E-state index in [2.05, 4.69) is 13.0 Å². The topological polar surface area (TPSA) is 133 Å². The second-order valence-corrected chi connectivity index (χ2v) is 10.2. The van der Waals surface area contributed by atoms with Crippen molar-refractivity contribution in [2.45, 2.75) is 78.1 Å². The largest absolute Gasteiger partial charge is 0.461 e. The maximum absolute atomic E-state index is 12.9. The quantitative estimate of drug-likeness (QED) is 0.439. The van der Waals surface area contributed by atoms with Crippen LogP contribution in [-0.4, -0.2) is 47.0 Å². The van der Waals surface area contributed by atoms with Gasteiger partial charge in [-0.2, -0.15) is 0 Å². The highest BCUT2D eigenvalue weighted by Crippen LogP contribution is 2.45. The molecule has 0 spiro atoms. The Hall–Kier alpha value is -2.48. The molecule has 0 aromatic carbocycles. The number of aliphatic hydroxyl groups is 1. The Balaban J connectivity index is 1.83. The first-order valence-corrected chi connectivity index (χ1v) is 11.8. The summed E-state index contributed by atoms with van der Waals surface area (Å²) >= 11 is 0. The molecule has 8 nitrogen and oxygen atoms in total. The fourth-order valence-corrected chi connectivity index (χ4v) is 4.95. The number of carbonyl (C=O) groups is 4. The molecule has 0 radical (unpaired) electrons. The first-order valence-electron chi connectivity index (χ1n) is 11.8. The monoisotopic (exact) mass is 461 g/mol. The van der Waals surface area contributed by atoms with Gasteiger partial charge in [-0.15, -0.1) is 0 Å². The molecule has 1 amide bonds. The number of primary amides is 1. The van der Waals surface area contributed by atoms with Crippen LogP contribution in [0.15, 0.2) is 23.8 Å². The second kappa shape index (κ2) is 9.79. The molecule has 3 aliphatic rings. The van der Waals surface area contributed by atoms with Crippen molar-refractivity contribution in [3.8, 4) is 0 Å². The lowest BCUT2D eigenvalue weighted by atomic mass is 9.65. The number of aliphatic hydroxyl groups excluding tert-OH is 1. The number of fused-ring (bicyclic) bond motifs is 1. The standard InChI is InChI=1S/C25H35NO7/c1-5-25(3,4)24(31)33-19-11-15(22(26)29)10-14-7-6-13(2)17(20(14)19)9-8-16-12-18(27)21(28)23(30)32-16/h6-7,10,13,15-20,27H,5,8-9,11-12H2,1-4H3,(H2,26,29)/t13-,15-,16+,17-,18+,19-,20-/m0/s1. The maximum Gasteiger partial charge on any atom is 0.377 e. The first-order chi connectivity index (χ1) is 15.4. The van der Waals surface area contributed by atoms with E-state index >= 15 is 0 Å². The number of cyclic esters (lactones) is 1. The van der Waals surface area contributed by atoms with Crippen molar-refractivity contribution in [3.05, 3.63) is 23.8 Å². The normalized spacial score (nSPS) is 34.2. The molecule has 2 aliphatic carbocycles. The van der Waals surface area contributed by atoms with E-state index in [1.165, 1.54) is 0 Å². The van der Waals surface area contributed by atoms with Crippen LogP contribution in [0.25, 0.3) is 0 Å². The number of nitrogens with two attached hydrogens (primary N) is 1. The number of amides is 1. The van der Waals surface area contributed by atoms with Gasteiger partial charge in [0.05, 0.1) is 11.3 Å². The van der Waals surface area contributed by atoms with Gasteiger partial charge in [0.2, 0.25) is 5.91 Å². The average molecular weight is 462 g/mol. The molecule has 1 aliphatic heterocycles. The van der Waals surface area contributed by atoms with Crippen LogP contribution < -0.4 is 5.73 Å². The molecule has 0 bridgehead atoms. The Labute approximate surface area is 194 Å².